The van der Waals surface area contributed by atoms with E-state index in [0.29, 0.717) is 9.90 Å². The molecule has 28 heavy (non-hydrogen) atoms. The van der Waals surface area contributed by atoms with Gasteiger partial charge in [0.25, 0.3) is 5.91 Å². The number of rotatable bonds is 4. The highest BCUT2D eigenvalue weighted by Crippen LogP contribution is 2.39. The summed E-state index contributed by atoms with van der Waals surface area (Å²) < 4.78 is 2.78. The van der Waals surface area contributed by atoms with Crippen molar-refractivity contribution in [3.8, 4) is 11.3 Å². The van der Waals surface area contributed by atoms with Crippen molar-refractivity contribution in [3.05, 3.63) is 73.1 Å². The molecule has 1 amide bonds. The molecule has 140 valence electrons. The third-order valence-corrected chi connectivity index (χ3v) is 6.82. The second-order valence-electron chi connectivity index (χ2n) is 5.76. The van der Waals surface area contributed by atoms with Gasteiger partial charge in [-0.15, -0.1) is 11.3 Å². The minimum Gasteiger partial charge on any atom is -0.277 e. The highest BCUT2D eigenvalue weighted by Gasteiger charge is 2.18. The fourth-order valence-electron chi connectivity index (χ4n) is 2.67. The molecule has 0 bridgehead atoms. The molecule has 2 aromatic heterocycles. The predicted molar refractivity (Wildman–Crippen MR) is 121 cm³/mol. The van der Waals surface area contributed by atoms with Crippen LogP contribution in [0.5, 0.6) is 0 Å². The number of amides is 1. The van der Waals surface area contributed by atoms with Crippen LogP contribution in [-0.4, -0.2) is 22.3 Å². The Morgan fingerprint density at radius 1 is 1.21 bits per heavy atom. The first-order valence-corrected chi connectivity index (χ1v) is 10.8. The van der Waals surface area contributed by atoms with Crippen molar-refractivity contribution >= 4 is 77.0 Å². The number of aromatic amines is 1. The molecule has 0 atom stereocenters. The van der Waals surface area contributed by atoms with Crippen molar-refractivity contribution < 1.29 is 4.79 Å². The largest absolute Gasteiger partial charge is 0.283 e. The van der Waals surface area contributed by atoms with E-state index in [4.69, 9.17) is 11.6 Å². The Morgan fingerprint density at radius 2 is 2.00 bits per heavy atom. The van der Waals surface area contributed by atoms with E-state index in [-0.39, 0.29) is 5.91 Å². The van der Waals surface area contributed by atoms with E-state index in [1.807, 2.05) is 42.5 Å². The first kappa shape index (κ1) is 19.3. The quantitative estimate of drug-likeness (QED) is 0.239. The molecule has 0 radical (unpaired) electrons. The van der Waals surface area contributed by atoms with Crippen LogP contribution in [0.2, 0.25) is 5.02 Å². The summed E-state index contributed by atoms with van der Waals surface area (Å²) in [6.07, 6.45) is 3.20. The Bertz CT molecular complexity index is 1200. The second-order valence-corrected chi connectivity index (χ2v) is 8.96. The van der Waals surface area contributed by atoms with Gasteiger partial charge >= 0.3 is 0 Å². The normalized spacial score (nSPS) is 11.4. The van der Waals surface area contributed by atoms with Gasteiger partial charge in [-0.1, -0.05) is 61.7 Å². The number of hydrazone groups is 1. The third kappa shape index (κ3) is 3.77. The molecular formula is C19H11Br2ClN4OS. The van der Waals surface area contributed by atoms with E-state index in [0.717, 1.165) is 35.9 Å². The van der Waals surface area contributed by atoms with E-state index in [1.54, 1.807) is 12.4 Å². The minimum absolute atomic E-state index is 0.358. The van der Waals surface area contributed by atoms with Crippen LogP contribution in [-0.2, 0) is 0 Å². The number of aromatic nitrogens is 2. The maximum absolute atomic E-state index is 12.5. The summed E-state index contributed by atoms with van der Waals surface area (Å²) in [6, 6.07) is 13.5. The third-order valence-electron chi connectivity index (χ3n) is 3.98. The van der Waals surface area contributed by atoms with E-state index < -0.39 is 0 Å². The fraction of sp³-hybridized carbons (Fsp3) is 0. The van der Waals surface area contributed by atoms with Crippen LogP contribution in [0.1, 0.15) is 15.2 Å². The van der Waals surface area contributed by atoms with Crippen LogP contribution in [0, 0.1) is 0 Å². The average molecular weight is 539 g/mol. The molecular weight excluding hydrogens is 528 g/mol. The van der Waals surface area contributed by atoms with Crippen molar-refractivity contribution in [1.82, 2.24) is 15.6 Å². The van der Waals surface area contributed by atoms with Crippen LogP contribution in [0.3, 0.4) is 0 Å². The van der Waals surface area contributed by atoms with E-state index in [2.05, 4.69) is 52.6 Å². The first-order chi connectivity index (χ1) is 13.5. The van der Waals surface area contributed by atoms with Crippen LogP contribution in [0.4, 0.5) is 0 Å². The number of H-pyrrole nitrogens is 1. The number of benzene rings is 2. The molecule has 2 N–H and O–H groups in total. The summed E-state index contributed by atoms with van der Waals surface area (Å²) in [7, 11) is 0. The summed E-state index contributed by atoms with van der Waals surface area (Å²) in [5.41, 5.74) is 5.07. The first-order valence-electron chi connectivity index (χ1n) is 8.04. The number of halogens is 3. The number of nitrogens with zero attached hydrogens (tertiary/aromatic N) is 2. The number of nitrogens with one attached hydrogen (secondary N) is 2. The number of thiophene rings is 1. The molecule has 9 heteroatoms. The Balaban J connectivity index is 1.54. The van der Waals surface area contributed by atoms with E-state index in [1.165, 1.54) is 11.3 Å². The topological polar surface area (TPSA) is 70.1 Å². The predicted octanol–water partition coefficient (Wildman–Crippen LogP) is 6.23. The van der Waals surface area contributed by atoms with Gasteiger partial charge in [0, 0.05) is 30.2 Å². The van der Waals surface area contributed by atoms with Crippen molar-refractivity contribution in [2.75, 3.05) is 0 Å². The lowest BCUT2D eigenvalue weighted by atomic mass is 10.1. The molecule has 4 aromatic rings. The molecule has 0 spiro atoms. The number of carbonyl (C=O) groups excluding carboxylic acids is 1. The summed E-state index contributed by atoms with van der Waals surface area (Å²) in [6.45, 7) is 0. The van der Waals surface area contributed by atoms with Gasteiger partial charge < -0.3 is 0 Å². The Morgan fingerprint density at radius 3 is 2.75 bits per heavy atom. The number of carbonyl (C=O) groups is 1. The molecule has 0 aliphatic carbocycles. The minimum atomic E-state index is -0.358. The van der Waals surface area contributed by atoms with Gasteiger partial charge in [-0.05, 0) is 24.3 Å². The summed E-state index contributed by atoms with van der Waals surface area (Å²) in [5.74, 6) is -0.358. The molecule has 2 aromatic carbocycles. The van der Waals surface area contributed by atoms with Gasteiger partial charge in [0.05, 0.1) is 23.1 Å². The molecule has 2 heterocycles. The molecule has 0 saturated heterocycles. The molecule has 0 aliphatic heterocycles. The lowest BCUT2D eigenvalue weighted by Gasteiger charge is -2.00. The Hall–Kier alpha value is -2.00. The van der Waals surface area contributed by atoms with Gasteiger partial charge in [0.1, 0.15) is 4.88 Å². The Labute approximate surface area is 186 Å². The molecule has 4 rings (SSSR count). The highest BCUT2D eigenvalue weighted by molar-refractivity contribution is 9.11. The number of fused-ring (bicyclic) bond motifs is 1. The van der Waals surface area contributed by atoms with Gasteiger partial charge in [-0.25, -0.2) is 5.43 Å². The summed E-state index contributed by atoms with van der Waals surface area (Å²) in [5, 5.41) is 12.3. The lowest BCUT2D eigenvalue weighted by Crippen LogP contribution is -2.16. The highest BCUT2D eigenvalue weighted by atomic mass is 79.9. The zero-order chi connectivity index (χ0) is 19.7. The molecule has 5 nitrogen and oxygen atoms in total. The summed E-state index contributed by atoms with van der Waals surface area (Å²) in [4.78, 5) is 12.9. The Kier molecular flexibility index (Phi) is 5.63. The SMILES string of the molecule is O=C(N/N=C/c1cn[nH]c1-c1ccc(Br)cc1)c1sc2cccc(Br)c2c1Cl. The summed E-state index contributed by atoms with van der Waals surface area (Å²) >= 11 is 14.6. The van der Waals surface area contributed by atoms with Gasteiger partial charge in [-0.3, -0.25) is 9.89 Å². The lowest BCUT2D eigenvalue weighted by molar-refractivity contribution is 0.0959. The van der Waals surface area contributed by atoms with E-state index in [9.17, 15) is 4.79 Å². The molecule has 0 unspecified atom stereocenters. The van der Waals surface area contributed by atoms with Crippen molar-refractivity contribution in [2.45, 2.75) is 0 Å². The monoisotopic (exact) mass is 536 g/mol. The van der Waals surface area contributed by atoms with Crippen LogP contribution in [0.25, 0.3) is 21.3 Å². The van der Waals surface area contributed by atoms with Crippen molar-refractivity contribution in [1.29, 1.82) is 0 Å². The van der Waals surface area contributed by atoms with Gasteiger partial charge in [-0.2, -0.15) is 10.2 Å². The molecule has 0 aliphatic rings. The number of hydrogen-bond donors (Lipinski definition) is 2. The average Bonchev–Trinajstić information content (AvgIpc) is 3.28. The smallest absolute Gasteiger partial charge is 0.277 e. The number of hydrogen-bond acceptors (Lipinski definition) is 4. The fourth-order valence-corrected chi connectivity index (χ4v) is 5.21. The van der Waals surface area contributed by atoms with Crippen LogP contribution >= 0.6 is 54.8 Å². The van der Waals surface area contributed by atoms with Crippen LogP contribution < -0.4 is 5.43 Å². The zero-order valence-corrected chi connectivity index (χ0v) is 18.8. The maximum Gasteiger partial charge on any atom is 0.283 e. The zero-order valence-electron chi connectivity index (χ0n) is 14.0. The van der Waals surface area contributed by atoms with Gasteiger partial charge in [0.15, 0.2) is 0 Å². The molecule has 0 fully saturated rings. The van der Waals surface area contributed by atoms with Crippen LogP contribution in [0.15, 0.2) is 62.7 Å². The van der Waals surface area contributed by atoms with E-state index >= 15 is 0 Å². The second kappa shape index (κ2) is 8.16. The van der Waals surface area contributed by atoms with Gasteiger partial charge in [0.2, 0.25) is 0 Å². The molecule has 0 saturated carbocycles. The standard InChI is InChI=1S/C19H11Br2ClN4OS/c20-12-6-4-10(5-7-12)17-11(8-23-25-17)9-24-26-19(27)18-16(22)15-13(21)2-1-3-14(15)28-18/h1-9H,(H,23,25)(H,26,27)/b24-9+. The maximum atomic E-state index is 12.5. The van der Waals surface area contributed by atoms with Crippen molar-refractivity contribution in [2.24, 2.45) is 5.10 Å². The van der Waals surface area contributed by atoms with Crippen molar-refractivity contribution in [3.63, 3.8) is 0 Å².